The first-order valence-electron chi connectivity index (χ1n) is 8.56. The second-order valence-corrected chi connectivity index (χ2v) is 6.68. The molecule has 2 aromatic carbocycles. The maximum atomic E-state index is 13.1. The normalized spacial score (nSPS) is 11.1. The molecule has 3 rings (SSSR count). The van der Waals surface area contributed by atoms with Crippen molar-refractivity contribution in [2.75, 3.05) is 19.0 Å². The van der Waals surface area contributed by atoms with Crippen LogP contribution in [0.4, 0.5) is 0 Å². The number of aromatic nitrogens is 2. The highest BCUT2D eigenvalue weighted by Crippen LogP contribution is 2.21. The van der Waals surface area contributed by atoms with Gasteiger partial charge in [-0.1, -0.05) is 43.0 Å². The predicted octanol–water partition coefficient (Wildman–Crippen LogP) is 4.08. The number of aryl methyl sites for hydroxylation is 1. The zero-order valence-corrected chi connectivity index (χ0v) is 15.4. The Morgan fingerprint density at radius 3 is 2.56 bits per heavy atom. The molecule has 0 saturated heterocycles. The number of hydrogen-bond acceptors (Lipinski definition) is 4. The molecule has 1 aromatic heterocycles. The SMILES string of the molecule is CCOCCSc1nc2ccccc2c(=O)n1-c1ccc(CC)cc1. The Hall–Kier alpha value is -2.11. The molecule has 0 aliphatic carbocycles. The molecule has 0 N–H and O–H groups in total. The highest BCUT2D eigenvalue weighted by Gasteiger charge is 2.13. The summed E-state index contributed by atoms with van der Waals surface area (Å²) in [6.07, 6.45) is 0.973. The lowest BCUT2D eigenvalue weighted by atomic mass is 10.1. The summed E-state index contributed by atoms with van der Waals surface area (Å²) in [5.41, 5.74) is 2.79. The van der Waals surface area contributed by atoms with Crippen LogP contribution in [-0.4, -0.2) is 28.5 Å². The zero-order valence-electron chi connectivity index (χ0n) is 14.6. The molecule has 25 heavy (non-hydrogen) atoms. The van der Waals surface area contributed by atoms with E-state index in [2.05, 4.69) is 19.1 Å². The monoisotopic (exact) mass is 354 g/mol. The second-order valence-electron chi connectivity index (χ2n) is 5.62. The lowest BCUT2D eigenvalue weighted by Crippen LogP contribution is -2.22. The largest absolute Gasteiger partial charge is 0.381 e. The van der Waals surface area contributed by atoms with Crippen LogP contribution in [0.5, 0.6) is 0 Å². The molecule has 0 unspecified atom stereocenters. The fraction of sp³-hybridized carbons (Fsp3) is 0.300. The van der Waals surface area contributed by atoms with E-state index < -0.39 is 0 Å². The maximum absolute atomic E-state index is 13.1. The summed E-state index contributed by atoms with van der Waals surface area (Å²) >= 11 is 1.55. The molecule has 0 aliphatic rings. The van der Waals surface area contributed by atoms with Gasteiger partial charge < -0.3 is 4.74 Å². The minimum absolute atomic E-state index is 0.0336. The minimum atomic E-state index is -0.0336. The number of para-hydroxylation sites is 1. The number of ether oxygens (including phenoxy) is 1. The van der Waals surface area contributed by atoms with E-state index in [1.54, 1.807) is 16.3 Å². The molecular weight excluding hydrogens is 332 g/mol. The van der Waals surface area contributed by atoms with Crippen molar-refractivity contribution < 1.29 is 4.74 Å². The fourth-order valence-corrected chi connectivity index (χ4v) is 3.52. The number of rotatable bonds is 7. The van der Waals surface area contributed by atoms with Gasteiger partial charge in [-0.05, 0) is 43.2 Å². The van der Waals surface area contributed by atoms with E-state index in [1.807, 2.05) is 43.3 Å². The van der Waals surface area contributed by atoms with Gasteiger partial charge in [0.1, 0.15) is 0 Å². The van der Waals surface area contributed by atoms with Crippen molar-refractivity contribution in [3.05, 3.63) is 64.4 Å². The zero-order chi connectivity index (χ0) is 17.6. The third-order valence-corrected chi connectivity index (χ3v) is 4.91. The van der Waals surface area contributed by atoms with Gasteiger partial charge in [-0.3, -0.25) is 9.36 Å². The molecule has 5 heteroatoms. The molecule has 0 saturated carbocycles. The molecule has 0 radical (unpaired) electrons. The van der Waals surface area contributed by atoms with Gasteiger partial charge in [-0.25, -0.2) is 4.98 Å². The topological polar surface area (TPSA) is 44.1 Å². The minimum Gasteiger partial charge on any atom is -0.381 e. The number of benzene rings is 2. The first kappa shape index (κ1) is 17.7. The first-order valence-corrected chi connectivity index (χ1v) is 9.54. The van der Waals surface area contributed by atoms with Crippen LogP contribution < -0.4 is 5.56 Å². The smallest absolute Gasteiger partial charge is 0.266 e. The van der Waals surface area contributed by atoms with Crippen molar-refractivity contribution >= 4 is 22.7 Å². The summed E-state index contributed by atoms with van der Waals surface area (Å²) in [5.74, 6) is 0.756. The van der Waals surface area contributed by atoms with Crippen molar-refractivity contribution in [3.63, 3.8) is 0 Å². The molecule has 0 aliphatic heterocycles. The van der Waals surface area contributed by atoms with Gasteiger partial charge in [0.2, 0.25) is 0 Å². The summed E-state index contributed by atoms with van der Waals surface area (Å²) in [7, 11) is 0. The lowest BCUT2D eigenvalue weighted by molar-refractivity contribution is 0.164. The molecule has 0 atom stereocenters. The van der Waals surface area contributed by atoms with Crippen LogP contribution in [-0.2, 0) is 11.2 Å². The number of hydrogen-bond donors (Lipinski definition) is 0. The van der Waals surface area contributed by atoms with Crippen LogP contribution in [0, 0.1) is 0 Å². The van der Waals surface area contributed by atoms with Crippen molar-refractivity contribution in [1.29, 1.82) is 0 Å². The molecule has 4 nitrogen and oxygen atoms in total. The summed E-state index contributed by atoms with van der Waals surface area (Å²) in [6, 6.07) is 15.6. The van der Waals surface area contributed by atoms with Crippen molar-refractivity contribution in [3.8, 4) is 5.69 Å². The van der Waals surface area contributed by atoms with E-state index >= 15 is 0 Å². The van der Waals surface area contributed by atoms with Crippen molar-refractivity contribution in [2.45, 2.75) is 25.4 Å². The van der Waals surface area contributed by atoms with E-state index in [4.69, 9.17) is 9.72 Å². The molecule has 1 heterocycles. The van der Waals surface area contributed by atoms with Crippen LogP contribution in [0.1, 0.15) is 19.4 Å². The highest BCUT2D eigenvalue weighted by molar-refractivity contribution is 7.99. The summed E-state index contributed by atoms with van der Waals surface area (Å²) in [5, 5.41) is 1.34. The Labute approximate surface area is 151 Å². The van der Waals surface area contributed by atoms with Crippen molar-refractivity contribution in [2.24, 2.45) is 0 Å². The maximum Gasteiger partial charge on any atom is 0.266 e. The van der Waals surface area contributed by atoms with Crippen LogP contribution in [0.15, 0.2) is 58.5 Å². The Balaban J connectivity index is 2.08. The number of fused-ring (bicyclic) bond motifs is 1. The first-order chi connectivity index (χ1) is 12.2. The fourth-order valence-electron chi connectivity index (χ4n) is 2.65. The average Bonchev–Trinajstić information content (AvgIpc) is 2.66. The summed E-state index contributed by atoms with van der Waals surface area (Å²) < 4.78 is 7.12. The van der Waals surface area contributed by atoms with Gasteiger partial charge in [0, 0.05) is 12.4 Å². The van der Waals surface area contributed by atoms with Gasteiger partial charge in [0.05, 0.1) is 23.2 Å². The van der Waals surface area contributed by atoms with Crippen molar-refractivity contribution in [1.82, 2.24) is 9.55 Å². The molecule has 3 aromatic rings. The van der Waals surface area contributed by atoms with Gasteiger partial charge in [0.25, 0.3) is 5.56 Å². The molecular formula is C20H22N2O2S. The summed E-state index contributed by atoms with van der Waals surface area (Å²) in [6.45, 7) is 5.42. The van der Waals surface area contributed by atoms with Crippen LogP contribution in [0.2, 0.25) is 0 Å². The Morgan fingerprint density at radius 2 is 1.84 bits per heavy atom. The number of thioether (sulfide) groups is 1. The summed E-state index contributed by atoms with van der Waals surface area (Å²) in [4.78, 5) is 17.8. The van der Waals surface area contributed by atoms with Gasteiger partial charge in [-0.15, -0.1) is 0 Å². The quantitative estimate of drug-likeness (QED) is 0.364. The predicted molar refractivity (Wildman–Crippen MR) is 104 cm³/mol. The molecule has 0 bridgehead atoms. The third kappa shape index (κ3) is 3.94. The Bertz CT molecular complexity index is 904. The number of nitrogens with zero attached hydrogens (tertiary/aromatic N) is 2. The lowest BCUT2D eigenvalue weighted by Gasteiger charge is -2.13. The van der Waals surface area contributed by atoms with Gasteiger partial charge in [-0.2, -0.15) is 0 Å². The highest BCUT2D eigenvalue weighted by atomic mass is 32.2. The molecule has 0 spiro atoms. The van der Waals surface area contributed by atoms with Gasteiger partial charge in [0.15, 0.2) is 5.16 Å². The standard InChI is InChI=1S/C20H22N2O2S/c1-3-15-9-11-16(12-10-15)22-19(23)17-7-5-6-8-18(17)21-20(22)25-14-13-24-4-2/h5-12H,3-4,13-14H2,1-2H3. The van der Waals surface area contributed by atoms with Crippen LogP contribution >= 0.6 is 11.8 Å². The van der Waals surface area contributed by atoms with Crippen LogP contribution in [0.3, 0.4) is 0 Å². The Morgan fingerprint density at radius 1 is 1.08 bits per heavy atom. The average molecular weight is 354 g/mol. The van der Waals surface area contributed by atoms with E-state index in [-0.39, 0.29) is 5.56 Å². The molecule has 0 fully saturated rings. The molecule has 130 valence electrons. The van der Waals surface area contributed by atoms with Gasteiger partial charge >= 0.3 is 0 Å². The second kappa shape index (κ2) is 8.32. The van der Waals surface area contributed by atoms with E-state index in [0.29, 0.717) is 23.8 Å². The van der Waals surface area contributed by atoms with E-state index in [1.165, 1.54) is 5.56 Å². The van der Waals surface area contributed by atoms with Crippen LogP contribution in [0.25, 0.3) is 16.6 Å². The van der Waals surface area contributed by atoms with E-state index in [9.17, 15) is 4.79 Å². The Kier molecular flexibility index (Phi) is 5.89. The van der Waals surface area contributed by atoms with E-state index in [0.717, 1.165) is 23.4 Å². The molecule has 0 amide bonds. The third-order valence-electron chi connectivity index (χ3n) is 4.01.